The summed E-state index contributed by atoms with van der Waals surface area (Å²) in [6.07, 6.45) is 20.0. The number of terminal acetylenes is 1. The van der Waals surface area contributed by atoms with Crippen molar-refractivity contribution in [3.63, 3.8) is 0 Å². The van der Waals surface area contributed by atoms with Crippen LogP contribution in [0.3, 0.4) is 0 Å². The lowest BCUT2D eigenvalue weighted by molar-refractivity contribution is 0.199. The van der Waals surface area contributed by atoms with Crippen molar-refractivity contribution in [2.45, 2.75) is 84.5 Å². The van der Waals surface area contributed by atoms with Crippen molar-refractivity contribution < 1.29 is 5.11 Å². The fourth-order valence-corrected chi connectivity index (χ4v) is 3.29. The van der Waals surface area contributed by atoms with Crippen LogP contribution in [0.4, 0.5) is 5.69 Å². The smallest absolute Gasteiger partial charge is 0.0877 e. The third-order valence-electron chi connectivity index (χ3n) is 5.05. The lowest BCUT2D eigenvalue weighted by Gasteiger charge is -2.13. The van der Waals surface area contributed by atoms with Gasteiger partial charge in [0.15, 0.2) is 0 Å². The second-order valence-electron chi connectivity index (χ2n) is 7.38. The summed E-state index contributed by atoms with van der Waals surface area (Å²) in [5.41, 5.74) is 2.96. The highest BCUT2D eigenvalue weighted by Gasteiger charge is 2.04. The molecule has 1 N–H and O–H groups in total. The molecule has 0 unspecified atom stereocenters. The predicted octanol–water partition coefficient (Wildman–Crippen LogP) is 6.44. The zero-order chi connectivity index (χ0) is 20.5. The Balaban J connectivity index is 2.39. The van der Waals surface area contributed by atoms with Crippen molar-refractivity contribution >= 4 is 5.69 Å². The van der Waals surface area contributed by atoms with Gasteiger partial charge in [-0.3, -0.25) is 5.01 Å². The maximum atomic E-state index is 9.03. The number of hydrogen-bond donors (Lipinski definition) is 1. The van der Waals surface area contributed by atoms with Crippen molar-refractivity contribution in [1.82, 2.24) is 5.01 Å². The zero-order valence-corrected chi connectivity index (χ0v) is 18.0. The molecule has 0 atom stereocenters. The van der Waals surface area contributed by atoms with Crippen molar-refractivity contribution in [3.05, 3.63) is 29.3 Å². The van der Waals surface area contributed by atoms with Crippen LogP contribution >= 0.6 is 0 Å². The predicted molar refractivity (Wildman–Crippen MR) is 119 cm³/mol. The maximum Gasteiger partial charge on any atom is 0.0877 e. The molecule has 1 aromatic carbocycles. The highest BCUT2D eigenvalue weighted by atomic mass is 16.3. The second-order valence-corrected chi connectivity index (χ2v) is 7.38. The highest BCUT2D eigenvalue weighted by Crippen LogP contribution is 2.21. The van der Waals surface area contributed by atoms with Crippen molar-refractivity contribution in [2.24, 2.45) is 10.3 Å². The van der Waals surface area contributed by atoms with Crippen LogP contribution in [-0.2, 0) is 6.42 Å². The summed E-state index contributed by atoms with van der Waals surface area (Å²) in [5.74, 6) is 2.79. The molecule has 0 aromatic heterocycles. The number of aryl methyl sites for hydroxylation is 1. The number of aliphatic hydroxyl groups excluding tert-OH is 1. The van der Waals surface area contributed by atoms with E-state index in [0.29, 0.717) is 6.54 Å². The first-order chi connectivity index (χ1) is 13.7. The molecule has 1 rings (SSSR count). The summed E-state index contributed by atoms with van der Waals surface area (Å²) in [4.78, 5) is 0. The Kier molecular flexibility index (Phi) is 13.9. The van der Waals surface area contributed by atoms with Gasteiger partial charge < -0.3 is 5.11 Å². The molecule has 0 radical (unpaired) electrons. The third kappa shape index (κ3) is 10.5. The SMILES string of the molecule is C#Cc1ccc(N=NN(CC)CCO)cc1CCCCCCCCCCCC. The zero-order valence-electron chi connectivity index (χ0n) is 18.0. The summed E-state index contributed by atoms with van der Waals surface area (Å²) in [6.45, 7) is 5.55. The molecule has 0 saturated heterocycles. The van der Waals surface area contributed by atoms with E-state index in [1.165, 1.54) is 63.4 Å². The Labute approximate surface area is 172 Å². The number of aliphatic hydroxyl groups is 1. The van der Waals surface area contributed by atoms with Gasteiger partial charge in [0.25, 0.3) is 0 Å². The van der Waals surface area contributed by atoms with Crippen molar-refractivity contribution in [3.8, 4) is 12.3 Å². The molecule has 0 heterocycles. The van der Waals surface area contributed by atoms with Gasteiger partial charge in [-0.2, -0.15) is 0 Å². The number of nitrogens with zero attached hydrogens (tertiary/aromatic N) is 3. The maximum absolute atomic E-state index is 9.03. The van der Waals surface area contributed by atoms with Crippen molar-refractivity contribution in [1.29, 1.82) is 0 Å². The molecule has 4 nitrogen and oxygen atoms in total. The van der Waals surface area contributed by atoms with Gasteiger partial charge in [0, 0.05) is 12.1 Å². The Morgan fingerprint density at radius 3 is 2.18 bits per heavy atom. The molecule has 1 aromatic rings. The molecule has 0 saturated carbocycles. The largest absolute Gasteiger partial charge is 0.394 e. The van der Waals surface area contributed by atoms with E-state index < -0.39 is 0 Å². The standard InChI is InChI=1S/C24H39N3O/c1-4-7-8-9-10-11-12-13-14-15-16-23-21-24(18-17-22(23)5-2)25-26-27(6-3)19-20-28/h2,17-18,21,28H,4,6-16,19-20H2,1,3H3. The quantitative estimate of drug-likeness (QED) is 0.154. The van der Waals surface area contributed by atoms with E-state index in [9.17, 15) is 0 Å². The molecule has 0 aliphatic carbocycles. The molecule has 0 spiro atoms. The van der Waals surface area contributed by atoms with Crippen LogP contribution in [0.5, 0.6) is 0 Å². The number of benzene rings is 1. The summed E-state index contributed by atoms with van der Waals surface area (Å²) in [6, 6.07) is 5.93. The Hall–Kier alpha value is -1.86. The van der Waals surface area contributed by atoms with Gasteiger partial charge in [-0.05, 0) is 43.5 Å². The van der Waals surface area contributed by atoms with Gasteiger partial charge in [0.1, 0.15) is 0 Å². The topological polar surface area (TPSA) is 48.2 Å². The molecule has 0 fully saturated rings. The summed E-state index contributed by atoms with van der Waals surface area (Å²) < 4.78 is 0. The summed E-state index contributed by atoms with van der Waals surface area (Å²) in [5, 5.41) is 19.3. The van der Waals surface area contributed by atoms with E-state index in [4.69, 9.17) is 11.5 Å². The lowest BCUT2D eigenvalue weighted by atomic mass is 10.00. The lowest BCUT2D eigenvalue weighted by Crippen LogP contribution is -2.19. The minimum absolute atomic E-state index is 0.0763. The average molecular weight is 386 g/mol. The Bertz CT molecular complexity index is 592. The van der Waals surface area contributed by atoms with Crippen LogP contribution < -0.4 is 0 Å². The van der Waals surface area contributed by atoms with Gasteiger partial charge in [0.2, 0.25) is 0 Å². The minimum Gasteiger partial charge on any atom is -0.394 e. The molecular formula is C24H39N3O. The van der Waals surface area contributed by atoms with Crippen LogP contribution in [0.1, 0.15) is 89.2 Å². The van der Waals surface area contributed by atoms with Crippen LogP contribution in [-0.4, -0.2) is 29.8 Å². The Morgan fingerprint density at radius 1 is 0.964 bits per heavy atom. The molecule has 0 aliphatic rings. The first-order valence-electron chi connectivity index (χ1n) is 11.1. The fraction of sp³-hybridized carbons (Fsp3) is 0.667. The average Bonchev–Trinajstić information content (AvgIpc) is 2.72. The fourth-order valence-electron chi connectivity index (χ4n) is 3.29. The first-order valence-corrected chi connectivity index (χ1v) is 11.1. The molecular weight excluding hydrogens is 346 g/mol. The monoisotopic (exact) mass is 385 g/mol. The van der Waals surface area contributed by atoms with E-state index in [2.05, 4.69) is 29.2 Å². The van der Waals surface area contributed by atoms with Gasteiger partial charge in [0.05, 0.1) is 18.8 Å². The molecule has 0 amide bonds. The summed E-state index contributed by atoms with van der Waals surface area (Å²) in [7, 11) is 0. The molecule has 4 heteroatoms. The van der Waals surface area contributed by atoms with Crippen LogP contribution in [0.2, 0.25) is 0 Å². The van der Waals surface area contributed by atoms with Gasteiger partial charge in [-0.25, -0.2) is 0 Å². The number of hydrogen-bond acceptors (Lipinski definition) is 3. The molecule has 156 valence electrons. The molecule has 0 aliphatic heterocycles. The van der Waals surface area contributed by atoms with Crippen molar-refractivity contribution in [2.75, 3.05) is 19.7 Å². The number of likely N-dealkylation sites (N-methyl/N-ethyl adjacent to an activating group) is 1. The van der Waals surface area contributed by atoms with Crippen LogP contribution in [0, 0.1) is 12.3 Å². The van der Waals surface area contributed by atoms with E-state index in [1.807, 2.05) is 19.1 Å². The normalized spacial score (nSPS) is 11.1. The Morgan fingerprint density at radius 2 is 1.61 bits per heavy atom. The minimum atomic E-state index is 0.0763. The van der Waals surface area contributed by atoms with Crippen LogP contribution in [0.15, 0.2) is 28.5 Å². The van der Waals surface area contributed by atoms with E-state index in [1.54, 1.807) is 5.01 Å². The molecule has 28 heavy (non-hydrogen) atoms. The molecule has 0 bridgehead atoms. The first kappa shape index (κ1) is 24.2. The number of unbranched alkanes of at least 4 members (excludes halogenated alkanes) is 9. The van der Waals surface area contributed by atoms with E-state index in [-0.39, 0.29) is 6.61 Å². The van der Waals surface area contributed by atoms with E-state index in [0.717, 1.165) is 30.6 Å². The summed E-state index contributed by atoms with van der Waals surface area (Å²) >= 11 is 0. The second kappa shape index (κ2) is 16.1. The van der Waals surface area contributed by atoms with Gasteiger partial charge >= 0.3 is 0 Å². The van der Waals surface area contributed by atoms with Gasteiger partial charge in [-0.1, -0.05) is 75.9 Å². The third-order valence-corrected chi connectivity index (χ3v) is 5.05. The number of rotatable bonds is 16. The van der Waals surface area contributed by atoms with Crippen LogP contribution in [0.25, 0.3) is 0 Å². The highest BCUT2D eigenvalue weighted by molar-refractivity contribution is 5.49. The van der Waals surface area contributed by atoms with E-state index >= 15 is 0 Å². The van der Waals surface area contributed by atoms with Gasteiger partial charge in [-0.15, -0.1) is 11.5 Å².